The monoisotopic (exact) mass is 271 g/mol. The van der Waals surface area contributed by atoms with Gasteiger partial charge in [0, 0.05) is 13.7 Å². The summed E-state index contributed by atoms with van der Waals surface area (Å²) in [5.41, 5.74) is 1.17. The van der Waals surface area contributed by atoms with Crippen molar-refractivity contribution >= 4 is 10.0 Å². The molecule has 0 radical (unpaired) electrons. The van der Waals surface area contributed by atoms with Crippen molar-refractivity contribution in [1.82, 2.24) is 4.72 Å². The number of hydrogen-bond acceptors (Lipinski definition) is 3. The highest BCUT2D eigenvalue weighted by atomic mass is 32.2. The molecule has 102 valence electrons. The predicted octanol–water partition coefficient (Wildman–Crippen LogP) is 1.95. The Morgan fingerprint density at radius 2 is 1.89 bits per heavy atom. The number of sulfonamides is 1. The molecule has 0 heterocycles. The summed E-state index contributed by atoms with van der Waals surface area (Å²) in [7, 11) is -1.86. The van der Waals surface area contributed by atoms with E-state index in [0.29, 0.717) is 11.5 Å². The number of hydrogen-bond donors (Lipinski definition) is 1. The first-order chi connectivity index (χ1) is 8.60. The summed E-state index contributed by atoms with van der Waals surface area (Å²) in [4.78, 5) is 0.304. The molecular weight excluding hydrogens is 250 g/mol. The summed E-state index contributed by atoms with van der Waals surface area (Å²) in [6, 6.07) is 7.06. The van der Waals surface area contributed by atoms with Crippen molar-refractivity contribution in [3.05, 3.63) is 29.8 Å². The smallest absolute Gasteiger partial charge is 0.240 e. The van der Waals surface area contributed by atoms with Crippen LogP contribution in [0.2, 0.25) is 0 Å². The fraction of sp³-hybridized carbons (Fsp3) is 0.538. The Labute approximate surface area is 109 Å². The minimum absolute atomic E-state index is 0.288. The van der Waals surface area contributed by atoms with Crippen molar-refractivity contribution in [1.29, 1.82) is 0 Å². The van der Waals surface area contributed by atoms with Crippen molar-refractivity contribution in [3.8, 4) is 0 Å². The molecule has 4 nitrogen and oxygen atoms in total. The number of methoxy groups -OCH3 is 1. The average molecular weight is 271 g/mol. The molecule has 0 saturated heterocycles. The van der Waals surface area contributed by atoms with Gasteiger partial charge in [-0.15, -0.1) is 0 Å². The Morgan fingerprint density at radius 1 is 1.22 bits per heavy atom. The summed E-state index contributed by atoms with van der Waals surface area (Å²) >= 11 is 0. The van der Waals surface area contributed by atoms with Gasteiger partial charge < -0.3 is 4.74 Å². The van der Waals surface area contributed by atoms with Gasteiger partial charge in [0.2, 0.25) is 10.0 Å². The van der Waals surface area contributed by atoms with Gasteiger partial charge in [-0.05, 0) is 30.5 Å². The molecule has 1 aromatic rings. The quantitative estimate of drug-likeness (QED) is 0.735. The molecule has 0 atom stereocenters. The van der Waals surface area contributed by atoms with Crippen LogP contribution in [0, 0.1) is 0 Å². The molecule has 0 spiro atoms. The largest absolute Gasteiger partial charge is 0.383 e. The molecule has 0 amide bonds. The highest BCUT2D eigenvalue weighted by Crippen LogP contribution is 2.12. The van der Waals surface area contributed by atoms with Crippen LogP contribution in [0.25, 0.3) is 0 Å². The molecule has 0 fully saturated rings. The maximum Gasteiger partial charge on any atom is 0.240 e. The molecule has 1 N–H and O–H groups in total. The van der Waals surface area contributed by atoms with Gasteiger partial charge >= 0.3 is 0 Å². The number of ether oxygens (including phenoxy) is 1. The molecule has 0 aromatic heterocycles. The predicted molar refractivity (Wildman–Crippen MR) is 72.1 cm³/mol. The minimum atomic E-state index is -3.40. The molecule has 1 aromatic carbocycles. The van der Waals surface area contributed by atoms with Crippen molar-refractivity contribution < 1.29 is 13.2 Å². The van der Waals surface area contributed by atoms with Crippen LogP contribution in [0.4, 0.5) is 0 Å². The highest BCUT2D eigenvalue weighted by Gasteiger charge is 2.12. The van der Waals surface area contributed by atoms with Gasteiger partial charge in [-0.1, -0.05) is 25.5 Å². The Morgan fingerprint density at radius 3 is 2.44 bits per heavy atom. The van der Waals surface area contributed by atoms with Gasteiger partial charge in [-0.3, -0.25) is 0 Å². The first-order valence-electron chi connectivity index (χ1n) is 6.17. The number of rotatable bonds is 8. The molecule has 0 unspecified atom stereocenters. The summed E-state index contributed by atoms with van der Waals surface area (Å²) in [6.07, 6.45) is 3.25. The number of unbranched alkanes of at least 4 members (excludes halogenated alkanes) is 1. The number of benzene rings is 1. The van der Waals surface area contributed by atoms with E-state index in [9.17, 15) is 8.42 Å². The fourth-order valence-electron chi connectivity index (χ4n) is 1.58. The van der Waals surface area contributed by atoms with Gasteiger partial charge in [0.1, 0.15) is 0 Å². The molecule has 18 heavy (non-hydrogen) atoms. The van der Waals surface area contributed by atoms with Crippen LogP contribution in [0.3, 0.4) is 0 Å². The van der Waals surface area contributed by atoms with Gasteiger partial charge in [-0.2, -0.15) is 0 Å². The van der Waals surface area contributed by atoms with E-state index in [4.69, 9.17) is 4.74 Å². The minimum Gasteiger partial charge on any atom is -0.383 e. The zero-order valence-corrected chi connectivity index (χ0v) is 11.8. The highest BCUT2D eigenvalue weighted by molar-refractivity contribution is 7.89. The Kier molecular flexibility index (Phi) is 6.32. The van der Waals surface area contributed by atoms with Crippen LogP contribution >= 0.6 is 0 Å². The van der Waals surface area contributed by atoms with Crippen LogP contribution in [0.1, 0.15) is 25.3 Å². The van der Waals surface area contributed by atoms with Gasteiger partial charge in [0.05, 0.1) is 11.5 Å². The molecule has 0 bridgehead atoms. The van der Waals surface area contributed by atoms with E-state index in [2.05, 4.69) is 11.6 Å². The average Bonchev–Trinajstić information content (AvgIpc) is 2.37. The molecule has 0 aliphatic heterocycles. The summed E-state index contributed by atoms with van der Waals surface area (Å²) in [5, 5.41) is 0. The third-order valence-corrected chi connectivity index (χ3v) is 4.13. The van der Waals surface area contributed by atoms with E-state index in [0.717, 1.165) is 19.3 Å². The fourth-order valence-corrected chi connectivity index (χ4v) is 2.59. The lowest BCUT2D eigenvalue weighted by molar-refractivity contribution is 0.204. The van der Waals surface area contributed by atoms with E-state index in [1.165, 1.54) is 12.7 Å². The second-order valence-corrected chi connectivity index (χ2v) is 5.91. The number of aryl methyl sites for hydroxylation is 1. The van der Waals surface area contributed by atoms with Crippen molar-refractivity contribution in [2.75, 3.05) is 20.3 Å². The van der Waals surface area contributed by atoms with Crippen LogP contribution in [0.15, 0.2) is 29.2 Å². The van der Waals surface area contributed by atoms with Crippen molar-refractivity contribution in [2.45, 2.75) is 31.1 Å². The number of nitrogens with one attached hydrogen (secondary N) is 1. The van der Waals surface area contributed by atoms with E-state index in [1.807, 2.05) is 12.1 Å². The van der Waals surface area contributed by atoms with Crippen molar-refractivity contribution in [3.63, 3.8) is 0 Å². The normalized spacial score (nSPS) is 11.7. The lowest BCUT2D eigenvalue weighted by atomic mass is 10.1. The van der Waals surface area contributed by atoms with E-state index in [-0.39, 0.29) is 6.54 Å². The van der Waals surface area contributed by atoms with Gasteiger partial charge in [0.25, 0.3) is 0 Å². The molecular formula is C13H21NO3S. The van der Waals surface area contributed by atoms with Crippen molar-refractivity contribution in [2.24, 2.45) is 0 Å². The van der Waals surface area contributed by atoms with E-state index >= 15 is 0 Å². The maximum atomic E-state index is 11.9. The zero-order valence-electron chi connectivity index (χ0n) is 11.0. The molecule has 0 saturated carbocycles. The SMILES string of the molecule is CCCCc1ccc(S(=O)(=O)NCCOC)cc1. The third kappa shape index (κ3) is 4.76. The Hall–Kier alpha value is -0.910. The summed E-state index contributed by atoms with van der Waals surface area (Å²) < 4.78 is 31.0. The Balaban J connectivity index is 2.65. The third-order valence-electron chi connectivity index (χ3n) is 2.65. The molecule has 5 heteroatoms. The Bertz CT molecular complexity index is 440. The van der Waals surface area contributed by atoms with E-state index in [1.54, 1.807) is 12.1 Å². The first kappa shape index (κ1) is 15.1. The second-order valence-electron chi connectivity index (χ2n) is 4.14. The summed E-state index contributed by atoms with van der Waals surface area (Å²) in [6.45, 7) is 2.79. The van der Waals surface area contributed by atoms with Crippen LogP contribution in [0.5, 0.6) is 0 Å². The maximum absolute atomic E-state index is 11.9. The molecule has 0 aliphatic rings. The standard InChI is InChI=1S/C13H21NO3S/c1-3-4-5-12-6-8-13(9-7-12)18(15,16)14-10-11-17-2/h6-9,14H,3-5,10-11H2,1-2H3. The van der Waals surface area contributed by atoms with Crippen LogP contribution in [-0.4, -0.2) is 28.7 Å². The van der Waals surface area contributed by atoms with E-state index < -0.39 is 10.0 Å². The van der Waals surface area contributed by atoms with Crippen LogP contribution < -0.4 is 4.72 Å². The first-order valence-corrected chi connectivity index (χ1v) is 7.66. The molecule has 1 rings (SSSR count). The second kappa shape index (κ2) is 7.51. The molecule has 0 aliphatic carbocycles. The lowest BCUT2D eigenvalue weighted by Gasteiger charge is -2.07. The van der Waals surface area contributed by atoms with Gasteiger partial charge in [0.15, 0.2) is 0 Å². The lowest BCUT2D eigenvalue weighted by Crippen LogP contribution is -2.27. The van der Waals surface area contributed by atoms with Gasteiger partial charge in [-0.25, -0.2) is 13.1 Å². The zero-order chi connectivity index (χ0) is 13.4. The summed E-state index contributed by atoms with van der Waals surface area (Å²) in [5.74, 6) is 0. The topological polar surface area (TPSA) is 55.4 Å². The van der Waals surface area contributed by atoms with Crippen LogP contribution in [-0.2, 0) is 21.2 Å².